The lowest BCUT2D eigenvalue weighted by molar-refractivity contribution is 0.138. The first-order valence-electron chi connectivity index (χ1n) is 7.41. The third-order valence-corrected chi connectivity index (χ3v) is 3.58. The number of benzene rings is 1. The van der Waals surface area contributed by atoms with E-state index < -0.39 is 0 Å². The summed E-state index contributed by atoms with van der Waals surface area (Å²) in [5, 5.41) is 4.08. The van der Waals surface area contributed by atoms with E-state index in [1.807, 2.05) is 6.07 Å². The molecule has 0 aromatic heterocycles. The van der Waals surface area contributed by atoms with Gasteiger partial charge in [0.2, 0.25) is 0 Å². The van der Waals surface area contributed by atoms with E-state index >= 15 is 0 Å². The van der Waals surface area contributed by atoms with E-state index in [0.717, 1.165) is 30.9 Å². The lowest BCUT2D eigenvalue weighted by Gasteiger charge is -2.19. The van der Waals surface area contributed by atoms with Crippen molar-refractivity contribution in [3.05, 3.63) is 22.7 Å². The molecule has 0 saturated carbocycles. The molecule has 1 aromatic carbocycles. The Balaban J connectivity index is 2.16. The molecule has 1 heterocycles. The normalized spacial score (nSPS) is 18.2. The number of hydrogen-bond donors (Lipinski definition) is 1. The van der Waals surface area contributed by atoms with Crippen molar-refractivity contribution in [1.29, 1.82) is 0 Å². The van der Waals surface area contributed by atoms with Crippen LogP contribution < -0.4 is 14.8 Å². The predicted molar refractivity (Wildman–Crippen MR) is 84.4 cm³/mol. The fraction of sp³-hybridized carbons (Fsp3) is 0.625. The molecule has 1 atom stereocenters. The van der Waals surface area contributed by atoms with Gasteiger partial charge in [0, 0.05) is 29.6 Å². The summed E-state index contributed by atoms with van der Waals surface area (Å²) < 4.78 is 16.9. The van der Waals surface area contributed by atoms with Gasteiger partial charge in [-0.15, -0.1) is 0 Å². The standard InChI is InChI=1S/C16H24ClNO3/c1-11(2)8-18-9-12-6-13(17)7-15(19-3)16(12)21-14-4-5-20-10-14/h6-7,11,14,18H,4-5,8-10H2,1-3H3. The Hall–Kier alpha value is -0.970. The second-order valence-corrected chi connectivity index (χ2v) is 6.16. The van der Waals surface area contributed by atoms with Crippen molar-refractivity contribution in [2.75, 3.05) is 26.9 Å². The van der Waals surface area contributed by atoms with Gasteiger partial charge >= 0.3 is 0 Å². The van der Waals surface area contributed by atoms with E-state index in [2.05, 4.69) is 19.2 Å². The summed E-state index contributed by atoms with van der Waals surface area (Å²) >= 11 is 6.17. The van der Waals surface area contributed by atoms with Gasteiger partial charge in [-0.25, -0.2) is 0 Å². The fourth-order valence-corrected chi connectivity index (χ4v) is 2.54. The largest absolute Gasteiger partial charge is 0.493 e. The molecule has 1 aliphatic rings. The van der Waals surface area contributed by atoms with E-state index in [-0.39, 0.29) is 6.10 Å². The van der Waals surface area contributed by atoms with E-state index in [1.165, 1.54) is 0 Å². The number of nitrogens with one attached hydrogen (secondary N) is 1. The van der Waals surface area contributed by atoms with Gasteiger partial charge in [-0.3, -0.25) is 0 Å². The second-order valence-electron chi connectivity index (χ2n) is 5.72. The van der Waals surface area contributed by atoms with Crippen LogP contribution in [0.4, 0.5) is 0 Å². The van der Waals surface area contributed by atoms with Gasteiger partial charge in [-0.2, -0.15) is 0 Å². The van der Waals surface area contributed by atoms with Crippen molar-refractivity contribution in [3.8, 4) is 11.5 Å². The summed E-state index contributed by atoms with van der Waals surface area (Å²) in [5.41, 5.74) is 1.02. The zero-order valence-electron chi connectivity index (χ0n) is 12.9. The molecule has 0 radical (unpaired) electrons. The Bertz CT molecular complexity index is 459. The summed E-state index contributed by atoms with van der Waals surface area (Å²) in [7, 11) is 1.63. The lowest BCUT2D eigenvalue weighted by atomic mass is 10.1. The highest BCUT2D eigenvalue weighted by Crippen LogP contribution is 2.36. The molecule has 1 aromatic rings. The van der Waals surface area contributed by atoms with Crippen LogP contribution in [0.25, 0.3) is 0 Å². The summed E-state index contributed by atoms with van der Waals surface area (Å²) in [6.45, 7) is 7.39. The van der Waals surface area contributed by atoms with Crippen LogP contribution in [0.1, 0.15) is 25.8 Å². The maximum absolute atomic E-state index is 6.17. The molecule has 0 bridgehead atoms. The Labute approximate surface area is 131 Å². The van der Waals surface area contributed by atoms with Crippen LogP contribution in [-0.2, 0) is 11.3 Å². The van der Waals surface area contributed by atoms with Gasteiger partial charge in [-0.05, 0) is 18.5 Å². The quantitative estimate of drug-likeness (QED) is 0.838. The first kappa shape index (κ1) is 16.4. The summed E-state index contributed by atoms with van der Waals surface area (Å²) in [5.74, 6) is 2.04. The number of ether oxygens (including phenoxy) is 3. The Morgan fingerprint density at radius 3 is 2.86 bits per heavy atom. The Morgan fingerprint density at radius 2 is 2.24 bits per heavy atom. The number of methoxy groups -OCH3 is 1. The third kappa shape index (κ3) is 4.77. The van der Waals surface area contributed by atoms with E-state index in [4.69, 9.17) is 25.8 Å². The topological polar surface area (TPSA) is 39.7 Å². The molecule has 21 heavy (non-hydrogen) atoms. The summed E-state index contributed by atoms with van der Waals surface area (Å²) in [6, 6.07) is 3.72. The first-order chi connectivity index (χ1) is 10.1. The minimum atomic E-state index is 0.0870. The zero-order chi connectivity index (χ0) is 15.2. The molecule has 0 aliphatic carbocycles. The second kappa shape index (κ2) is 7.87. The van der Waals surface area contributed by atoms with Crippen LogP contribution in [0, 0.1) is 5.92 Å². The minimum absolute atomic E-state index is 0.0870. The maximum atomic E-state index is 6.17. The smallest absolute Gasteiger partial charge is 0.166 e. The fourth-order valence-electron chi connectivity index (χ4n) is 2.31. The Morgan fingerprint density at radius 1 is 1.43 bits per heavy atom. The average Bonchev–Trinajstić information content (AvgIpc) is 2.93. The van der Waals surface area contributed by atoms with Crippen molar-refractivity contribution in [2.24, 2.45) is 5.92 Å². The average molecular weight is 314 g/mol. The molecule has 4 nitrogen and oxygen atoms in total. The van der Waals surface area contributed by atoms with Crippen LogP contribution in [0.15, 0.2) is 12.1 Å². The van der Waals surface area contributed by atoms with Crippen LogP contribution in [-0.4, -0.2) is 33.0 Å². The molecule has 1 saturated heterocycles. The molecule has 1 aliphatic heterocycles. The van der Waals surface area contributed by atoms with E-state index in [9.17, 15) is 0 Å². The van der Waals surface area contributed by atoms with Crippen molar-refractivity contribution in [3.63, 3.8) is 0 Å². The molecule has 2 rings (SSSR count). The van der Waals surface area contributed by atoms with E-state index in [0.29, 0.717) is 29.8 Å². The van der Waals surface area contributed by atoms with Gasteiger partial charge in [0.1, 0.15) is 6.10 Å². The maximum Gasteiger partial charge on any atom is 0.166 e. The molecule has 5 heteroatoms. The highest BCUT2D eigenvalue weighted by atomic mass is 35.5. The molecule has 1 fully saturated rings. The molecule has 118 valence electrons. The zero-order valence-corrected chi connectivity index (χ0v) is 13.7. The van der Waals surface area contributed by atoms with Gasteiger partial charge in [0.15, 0.2) is 11.5 Å². The summed E-state index contributed by atoms with van der Waals surface area (Å²) in [6.07, 6.45) is 0.994. The first-order valence-corrected chi connectivity index (χ1v) is 7.79. The molecule has 0 spiro atoms. The van der Waals surface area contributed by atoms with Gasteiger partial charge in [0.05, 0.1) is 20.3 Å². The highest BCUT2D eigenvalue weighted by molar-refractivity contribution is 6.30. The van der Waals surface area contributed by atoms with Crippen molar-refractivity contribution in [1.82, 2.24) is 5.32 Å². The van der Waals surface area contributed by atoms with Crippen LogP contribution in [0.2, 0.25) is 5.02 Å². The number of halogens is 1. The van der Waals surface area contributed by atoms with Crippen molar-refractivity contribution < 1.29 is 14.2 Å². The lowest BCUT2D eigenvalue weighted by Crippen LogP contribution is -2.21. The molecular formula is C16H24ClNO3. The van der Waals surface area contributed by atoms with Crippen LogP contribution in [0.3, 0.4) is 0 Å². The van der Waals surface area contributed by atoms with Crippen molar-refractivity contribution in [2.45, 2.75) is 32.9 Å². The SMILES string of the molecule is COc1cc(Cl)cc(CNCC(C)C)c1OC1CCOC1. The van der Waals surface area contributed by atoms with Crippen molar-refractivity contribution >= 4 is 11.6 Å². The predicted octanol–water partition coefficient (Wildman–Crippen LogP) is 3.26. The third-order valence-electron chi connectivity index (χ3n) is 3.36. The van der Waals surface area contributed by atoms with Crippen LogP contribution >= 0.6 is 11.6 Å². The molecule has 1 unspecified atom stereocenters. The highest BCUT2D eigenvalue weighted by Gasteiger charge is 2.21. The minimum Gasteiger partial charge on any atom is -0.493 e. The summed E-state index contributed by atoms with van der Waals surface area (Å²) in [4.78, 5) is 0. The monoisotopic (exact) mass is 313 g/mol. The number of rotatable bonds is 7. The van der Waals surface area contributed by atoms with Gasteiger partial charge < -0.3 is 19.5 Å². The van der Waals surface area contributed by atoms with Gasteiger partial charge in [0.25, 0.3) is 0 Å². The van der Waals surface area contributed by atoms with Gasteiger partial charge in [-0.1, -0.05) is 25.4 Å². The molecule has 0 amide bonds. The van der Waals surface area contributed by atoms with E-state index in [1.54, 1.807) is 13.2 Å². The Kier molecular flexibility index (Phi) is 6.15. The number of hydrogen-bond acceptors (Lipinski definition) is 4. The molecule has 1 N–H and O–H groups in total. The van der Waals surface area contributed by atoms with Crippen LogP contribution in [0.5, 0.6) is 11.5 Å². The molecular weight excluding hydrogens is 290 g/mol.